The van der Waals surface area contributed by atoms with Crippen molar-refractivity contribution < 1.29 is 37.3 Å². The second-order valence-electron chi connectivity index (χ2n) is 7.72. The van der Waals surface area contributed by atoms with Crippen LogP contribution in [-0.4, -0.2) is 31.0 Å². The number of rotatable bonds is 5. The highest BCUT2D eigenvalue weighted by Gasteiger charge is 2.47. The predicted molar refractivity (Wildman–Crippen MR) is 122 cm³/mol. The Morgan fingerprint density at radius 1 is 0.886 bits per heavy atom. The first-order valence-electron chi connectivity index (χ1n) is 10.4. The molecule has 3 aromatic carbocycles. The summed E-state index contributed by atoms with van der Waals surface area (Å²) in [5, 5.41) is 11.1. The van der Waals surface area contributed by atoms with Crippen LogP contribution in [0.3, 0.4) is 0 Å². The van der Waals surface area contributed by atoms with Crippen LogP contribution in [0.1, 0.15) is 22.7 Å². The number of hydrogen-bond donors (Lipinski definition) is 1. The summed E-state index contributed by atoms with van der Waals surface area (Å²) in [4.78, 5) is 27.2. The number of Topliss-reactive ketones (excluding diaryl/α,β-unsaturated/α-hetero) is 1. The minimum Gasteiger partial charge on any atom is -0.507 e. The summed E-state index contributed by atoms with van der Waals surface area (Å²) in [6, 6.07) is 15.5. The maximum atomic E-state index is 13.4. The molecule has 180 valence electrons. The summed E-state index contributed by atoms with van der Waals surface area (Å²) in [6.07, 6.45) is -4.65. The number of amides is 1. The van der Waals surface area contributed by atoms with E-state index in [-0.39, 0.29) is 16.8 Å². The van der Waals surface area contributed by atoms with Gasteiger partial charge in [-0.25, -0.2) is 0 Å². The van der Waals surface area contributed by atoms with E-state index in [2.05, 4.69) is 0 Å². The SMILES string of the molecule is COc1ccc(C(O)=C2C(=O)C(=O)N(c3cccc(C(F)(F)F)c3)C2c2ccc(OC)cc2)cc1. The van der Waals surface area contributed by atoms with Crippen LogP contribution in [0, 0.1) is 0 Å². The van der Waals surface area contributed by atoms with Crippen molar-refractivity contribution in [2.45, 2.75) is 12.2 Å². The lowest BCUT2D eigenvalue weighted by Gasteiger charge is -2.26. The van der Waals surface area contributed by atoms with Crippen molar-refractivity contribution >= 4 is 23.1 Å². The number of carbonyl (C=O) groups is 2. The molecule has 0 bridgehead atoms. The summed E-state index contributed by atoms with van der Waals surface area (Å²) >= 11 is 0. The van der Waals surface area contributed by atoms with Crippen LogP contribution in [0.25, 0.3) is 5.76 Å². The minimum atomic E-state index is -4.65. The molecule has 1 fully saturated rings. The number of nitrogens with zero attached hydrogens (tertiary/aromatic N) is 1. The number of aliphatic hydroxyl groups is 1. The van der Waals surface area contributed by atoms with Gasteiger partial charge < -0.3 is 14.6 Å². The second-order valence-corrected chi connectivity index (χ2v) is 7.72. The lowest BCUT2D eigenvalue weighted by atomic mass is 9.95. The maximum Gasteiger partial charge on any atom is 0.416 e. The lowest BCUT2D eigenvalue weighted by molar-refractivity contribution is -0.137. The Morgan fingerprint density at radius 3 is 2.00 bits per heavy atom. The molecule has 1 heterocycles. The third-order valence-corrected chi connectivity index (χ3v) is 5.69. The first-order chi connectivity index (χ1) is 16.7. The third-order valence-electron chi connectivity index (χ3n) is 5.69. The molecule has 0 aliphatic carbocycles. The number of ether oxygens (including phenoxy) is 2. The van der Waals surface area contributed by atoms with Gasteiger partial charge in [-0.15, -0.1) is 0 Å². The van der Waals surface area contributed by atoms with Crippen LogP contribution in [0.2, 0.25) is 0 Å². The first kappa shape index (κ1) is 23.9. The molecule has 1 amide bonds. The van der Waals surface area contributed by atoms with Crippen LogP contribution in [0.4, 0.5) is 18.9 Å². The summed E-state index contributed by atoms with van der Waals surface area (Å²) < 4.78 is 50.4. The van der Waals surface area contributed by atoms with Crippen molar-refractivity contribution in [3.05, 3.63) is 95.1 Å². The molecule has 9 heteroatoms. The van der Waals surface area contributed by atoms with Gasteiger partial charge in [-0.2, -0.15) is 13.2 Å². The van der Waals surface area contributed by atoms with Gasteiger partial charge in [0, 0.05) is 11.3 Å². The van der Waals surface area contributed by atoms with Gasteiger partial charge in [0.1, 0.15) is 17.3 Å². The zero-order chi connectivity index (χ0) is 25.3. The zero-order valence-electron chi connectivity index (χ0n) is 18.7. The molecule has 0 saturated carbocycles. The normalized spacial score (nSPS) is 17.5. The Morgan fingerprint density at radius 2 is 1.46 bits per heavy atom. The standard InChI is InChI=1S/C26H20F3NO5/c1-34-19-10-6-15(7-11-19)22-21(23(31)16-8-12-20(35-2)13-9-16)24(32)25(33)30(22)18-5-3-4-17(14-18)26(27,28)29/h3-14,22,31H,1-2H3. The quantitative estimate of drug-likeness (QED) is 0.301. The van der Waals surface area contributed by atoms with E-state index in [4.69, 9.17) is 9.47 Å². The summed E-state index contributed by atoms with van der Waals surface area (Å²) in [6.45, 7) is 0. The van der Waals surface area contributed by atoms with Crippen LogP contribution in [0.5, 0.6) is 11.5 Å². The molecule has 1 unspecified atom stereocenters. The van der Waals surface area contributed by atoms with E-state index in [0.29, 0.717) is 17.1 Å². The molecule has 0 radical (unpaired) electrons. The Labute approximate surface area is 198 Å². The minimum absolute atomic E-state index is 0.128. The van der Waals surface area contributed by atoms with E-state index >= 15 is 0 Å². The van der Waals surface area contributed by atoms with Crippen molar-refractivity contribution in [1.29, 1.82) is 0 Å². The predicted octanol–water partition coefficient (Wildman–Crippen LogP) is 5.35. The average molecular weight is 483 g/mol. The number of ketones is 1. The summed E-state index contributed by atoms with van der Waals surface area (Å²) in [7, 11) is 2.94. The van der Waals surface area contributed by atoms with Crippen LogP contribution < -0.4 is 14.4 Å². The number of hydrogen-bond acceptors (Lipinski definition) is 5. The number of methoxy groups -OCH3 is 2. The monoisotopic (exact) mass is 483 g/mol. The van der Waals surface area contributed by atoms with E-state index in [1.54, 1.807) is 36.4 Å². The Balaban J connectivity index is 1.92. The lowest BCUT2D eigenvalue weighted by Crippen LogP contribution is -2.29. The number of halogens is 3. The number of carbonyl (C=O) groups excluding carboxylic acids is 2. The van der Waals surface area contributed by atoms with Crippen molar-refractivity contribution in [3.63, 3.8) is 0 Å². The molecule has 3 aromatic rings. The topological polar surface area (TPSA) is 76.1 Å². The Bertz CT molecular complexity index is 1300. The summed E-state index contributed by atoms with van der Waals surface area (Å²) in [5.41, 5.74) is -0.705. The van der Waals surface area contributed by atoms with Gasteiger partial charge in [0.2, 0.25) is 0 Å². The molecule has 1 aliphatic heterocycles. The molecular weight excluding hydrogens is 463 g/mol. The molecule has 0 aromatic heterocycles. The fourth-order valence-electron chi connectivity index (χ4n) is 3.94. The fourth-order valence-corrected chi connectivity index (χ4v) is 3.94. The third kappa shape index (κ3) is 4.44. The Hall–Kier alpha value is -4.27. The fraction of sp³-hybridized carbons (Fsp3) is 0.154. The van der Waals surface area contributed by atoms with Crippen molar-refractivity contribution in [2.75, 3.05) is 19.1 Å². The van der Waals surface area contributed by atoms with Gasteiger partial charge in [-0.05, 0) is 60.2 Å². The van der Waals surface area contributed by atoms with Crippen LogP contribution in [0.15, 0.2) is 78.4 Å². The van der Waals surface area contributed by atoms with Gasteiger partial charge in [0.05, 0.1) is 31.4 Å². The van der Waals surface area contributed by atoms with E-state index in [1.165, 1.54) is 32.4 Å². The highest BCUT2D eigenvalue weighted by Crippen LogP contribution is 2.43. The van der Waals surface area contributed by atoms with Gasteiger partial charge in [-0.3, -0.25) is 14.5 Å². The molecular formula is C26H20F3NO5. The first-order valence-corrected chi connectivity index (χ1v) is 10.4. The maximum absolute atomic E-state index is 13.4. The van der Waals surface area contributed by atoms with Crippen molar-refractivity contribution in [2.24, 2.45) is 0 Å². The molecule has 35 heavy (non-hydrogen) atoms. The molecule has 1 N–H and O–H groups in total. The largest absolute Gasteiger partial charge is 0.507 e. The highest BCUT2D eigenvalue weighted by atomic mass is 19.4. The van der Waals surface area contributed by atoms with E-state index < -0.39 is 35.2 Å². The molecule has 6 nitrogen and oxygen atoms in total. The van der Waals surface area contributed by atoms with Crippen molar-refractivity contribution in [1.82, 2.24) is 0 Å². The number of alkyl halides is 3. The van der Waals surface area contributed by atoms with Gasteiger partial charge in [0.15, 0.2) is 0 Å². The number of anilines is 1. The highest BCUT2D eigenvalue weighted by molar-refractivity contribution is 6.51. The van der Waals surface area contributed by atoms with Crippen molar-refractivity contribution in [3.8, 4) is 11.5 Å². The van der Waals surface area contributed by atoms with Crippen LogP contribution >= 0.6 is 0 Å². The molecule has 4 rings (SSSR count). The van der Waals surface area contributed by atoms with Gasteiger partial charge in [0.25, 0.3) is 11.7 Å². The molecule has 0 spiro atoms. The molecule has 1 atom stereocenters. The van der Waals surface area contributed by atoms with E-state index in [0.717, 1.165) is 23.1 Å². The molecule has 1 aliphatic rings. The van der Waals surface area contributed by atoms with E-state index in [9.17, 15) is 27.9 Å². The number of aliphatic hydroxyl groups excluding tert-OH is 1. The van der Waals surface area contributed by atoms with Gasteiger partial charge in [-0.1, -0.05) is 18.2 Å². The average Bonchev–Trinajstić information content (AvgIpc) is 3.13. The second kappa shape index (κ2) is 9.17. The van der Waals surface area contributed by atoms with Crippen LogP contribution in [-0.2, 0) is 15.8 Å². The van der Waals surface area contributed by atoms with Gasteiger partial charge >= 0.3 is 6.18 Å². The smallest absolute Gasteiger partial charge is 0.416 e. The van der Waals surface area contributed by atoms with E-state index in [1.807, 2.05) is 0 Å². The summed E-state index contributed by atoms with van der Waals surface area (Å²) in [5.74, 6) is -1.52. The Kier molecular flexibility index (Phi) is 6.26. The molecule has 1 saturated heterocycles. The zero-order valence-corrected chi connectivity index (χ0v) is 18.7. The number of benzene rings is 3.